The van der Waals surface area contributed by atoms with E-state index < -0.39 is 6.04 Å². The van der Waals surface area contributed by atoms with Gasteiger partial charge in [0.05, 0.1) is 0 Å². The van der Waals surface area contributed by atoms with Gasteiger partial charge in [0.15, 0.2) is 0 Å². The first-order valence-corrected chi connectivity index (χ1v) is 9.87. The van der Waals surface area contributed by atoms with Crippen LogP contribution in [0, 0.1) is 6.92 Å². The van der Waals surface area contributed by atoms with Gasteiger partial charge in [-0.2, -0.15) is 5.53 Å². The quantitative estimate of drug-likeness (QED) is 0.626. The molecule has 8 heteroatoms. The van der Waals surface area contributed by atoms with Gasteiger partial charge in [0, 0.05) is 42.6 Å². The zero-order chi connectivity index (χ0) is 19.5. The Kier molecular flexibility index (Phi) is 5.68. The molecule has 2 heterocycles. The third kappa shape index (κ3) is 4.07. The van der Waals surface area contributed by atoms with Crippen molar-refractivity contribution < 1.29 is 4.79 Å². The lowest BCUT2D eigenvalue weighted by molar-refractivity contribution is -0.133. The first-order chi connectivity index (χ1) is 13.6. The Balaban J connectivity index is 1.37. The molecule has 2 aliphatic heterocycles. The average Bonchev–Trinajstić information content (AvgIpc) is 3.16. The summed E-state index contributed by atoms with van der Waals surface area (Å²) in [4.78, 5) is 17.3. The number of rotatable bonds is 4. The van der Waals surface area contributed by atoms with E-state index >= 15 is 0 Å². The summed E-state index contributed by atoms with van der Waals surface area (Å²) < 4.78 is 0. The lowest BCUT2D eigenvalue weighted by Crippen LogP contribution is -2.57. The number of para-hydroxylation sites is 1. The molecule has 4 rings (SSSR count). The molecule has 2 atom stereocenters. The molecular weight excluding hydrogens is 376 g/mol. The van der Waals surface area contributed by atoms with E-state index in [1.54, 1.807) is 0 Å². The fourth-order valence-electron chi connectivity index (χ4n) is 3.73. The van der Waals surface area contributed by atoms with E-state index in [4.69, 9.17) is 11.6 Å². The molecule has 28 heavy (non-hydrogen) atoms. The molecule has 0 aromatic heterocycles. The Bertz CT molecular complexity index is 839. The summed E-state index contributed by atoms with van der Waals surface area (Å²) in [6.45, 7) is 5.19. The number of carbonyl (C=O) groups is 1. The number of aryl methyl sites for hydroxylation is 1. The molecule has 2 fully saturated rings. The van der Waals surface area contributed by atoms with Gasteiger partial charge < -0.3 is 15.1 Å². The van der Waals surface area contributed by atoms with Gasteiger partial charge in [-0.25, -0.2) is 10.9 Å². The van der Waals surface area contributed by atoms with Crippen LogP contribution in [0.25, 0.3) is 0 Å². The Morgan fingerprint density at radius 1 is 1.07 bits per heavy atom. The van der Waals surface area contributed by atoms with Crippen LogP contribution in [0.2, 0.25) is 5.02 Å². The number of amides is 1. The van der Waals surface area contributed by atoms with Crippen molar-refractivity contribution in [3.05, 3.63) is 59.1 Å². The molecule has 0 bridgehead atoms. The first kappa shape index (κ1) is 19.0. The molecule has 1 amide bonds. The smallest absolute Gasteiger partial charge is 0.244 e. The standard InChI is InChI=1S/C20H25ClN6O/c1-14-5-2-3-8-17(14)26-9-11-27(12-10-26)20(28)18-19(24-25-23-18)22-16-7-4-6-15(21)13-16/h2-8,13,18-19,22-25H,9-12H2,1H3. The number of benzene rings is 2. The first-order valence-electron chi connectivity index (χ1n) is 9.49. The van der Waals surface area contributed by atoms with E-state index in [9.17, 15) is 4.79 Å². The van der Waals surface area contributed by atoms with Crippen molar-refractivity contribution >= 4 is 28.9 Å². The summed E-state index contributed by atoms with van der Waals surface area (Å²) in [5.74, 6) is 0.0708. The molecule has 2 unspecified atom stereocenters. The van der Waals surface area contributed by atoms with Crippen LogP contribution in [0.4, 0.5) is 11.4 Å². The van der Waals surface area contributed by atoms with Crippen molar-refractivity contribution in [2.24, 2.45) is 0 Å². The molecule has 148 valence electrons. The molecule has 2 saturated heterocycles. The summed E-state index contributed by atoms with van der Waals surface area (Å²) >= 11 is 6.05. The highest BCUT2D eigenvalue weighted by molar-refractivity contribution is 6.30. The fraction of sp³-hybridized carbons (Fsp3) is 0.350. The Hall–Kier alpha value is -2.32. The van der Waals surface area contributed by atoms with Gasteiger partial charge in [0.2, 0.25) is 5.91 Å². The molecule has 0 saturated carbocycles. The molecule has 2 aliphatic rings. The molecule has 0 radical (unpaired) electrons. The van der Waals surface area contributed by atoms with Crippen LogP contribution in [0.5, 0.6) is 0 Å². The predicted octanol–water partition coefficient (Wildman–Crippen LogP) is 1.72. The topological polar surface area (TPSA) is 71.7 Å². The minimum absolute atomic E-state index is 0.0708. The van der Waals surface area contributed by atoms with Crippen molar-refractivity contribution in [1.29, 1.82) is 0 Å². The number of carbonyl (C=O) groups excluding carboxylic acids is 1. The van der Waals surface area contributed by atoms with Crippen LogP contribution in [0.3, 0.4) is 0 Å². The molecule has 4 N–H and O–H groups in total. The SMILES string of the molecule is Cc1ccccc1N1CCN(C(=O)C2NNNC2Nc2cccc(Cl)c2)CC1. The average molecular weight is 401 g/mol. The van der Waals surface area contributed by atoms with Gasteiger partial charge in [-0.15, -0.1) is 0 Å². The lowest BCUT2D eigenvalue weighted by atomic mass is 10.1. The molecule has 7 nitrogen and oxygen atoms in total. The number of anilines is 2. The number of hydrogen-bond donors (Lipinski definition) is 4. The summed E-state index contributed by atoms with van der Waals surface area (Å²) in [5, 5.41) is 3.97. The van der Waals surface area contributed by atoms with Gasteiger partial charge in [-0.1, -0.05) is 35.9 Å². The zero-order valence-corrected chi connectivity index (χ0v) is 16.5. The van der Waals surface area contributed by atoms with Crippen LogP contribution in [-0.4, -0.2) is 49.2 Å². The van der Waals surface area contributed by atoms with E-state index in [0.29, 0.717) is 18.1 Å². The number of halogens is 1. The van der Waals surface area contributed by atoms with Crippen LogP contribution in [0.1, 0.15) is 5.56 Å². The van der Waals surface area contributed by atoms with Gasteiger partial charge >= 0.3 is 0 Å². The largest absolute Gasteiger partial charge is 0.368 e. The highest BCUT2D eigenvalue weighted by Gasteiger charge is 2.36. The molecular formula is C20H25ClN6O. The maximum Gasteiger partial charge on any atom is 0.244 e. The van der Waals surface area contributed by atoms with Gasteiger partial charge in [-0.3, -0.25) is 4.79 Å². The Morgan fingerprint density at radius 2 is 1.86 bits per heavy atom. The van der Waals surface area contributed by atoms with E-state index in [1.807, 2.05) is 29.2 Å². The van der Waals surface area contributed by atoms with Crippen molar-refractivity contribution in [3.8, 4) is 0 Å². The maximum atomic E-state index is 13.1. The number of hydrazine groups is 2. The van der Waals surface area contributed by atoms with Crippen molar-refractivity contribution in [3.63, 3.8) is 0 Å². The van der Waals surface area contributed by atoms with Crippen molar-refractivity contribution in [2.75, 3.05) is 36.4 Å². The van der Waals surface area contributed by atoms with E-state index in [2.05, 4.69) is 57.8 Å². The van der Waals surface area contributed by atoms with E-state index in [0.717, 1.165) is 18.8 Å². The number of piperazine rings is 1. The van der Waals surface area contributed by atoms with Gasteiger partial charge in [-0.05, 0) is 36.8 Å². The second-order valence-corrected chi connectivity index (χ2v) is 7.56. The van der Waals surface area contributed by atoms with Crippen molar-refractivity contribution in [2.45, 2.75) is 19.1 Å². The Morgan fingerprint density at radius 3 is 2.61 bits per heavy atom. The molecule has 2 aromatic rings. The lowest BCUT2D eigenvalue weighted by Gasteiger charge is -2.38. The van der Waals surface area contributed by atoms with Gasteiger partial charge in [0.25, 0.3) is 0 Å². The second kappa shape index (κ2) is 8.36. The summed E-state index contributed by atoms with van der Waals surface area (Å²) in [7, 11) is 0. The third-order valence-electron chi connectivity index (χ3n) is 5.25. The van der Waals surface area contributed by atoms with Gasteiger partial charge in [0.1, 0.15) is 12.2 Å². The van der Waals surface area contributed by atoms with Crippen LogP contribution in [-0.2, 0) is 4.79 Å². The second-order valence-electron chi connectivity index (χ2n) is 7.12. The van der Waals surface area contributed by atoms with Crippen LogP contribution >= 0.6 is 11.6 Å². The van der Waals surface area contributed by atoms with E-state index in [1.165, 1.54) is 11.3 Å². The minimum atomic E-state index is -0.413. The summed E-state index contributed by atoms with van der Waals surface area (Å²) in [5.41, 5.74) is 12.3. The highest BCUT2D eigenvalue weighted by atomic mass is 35.5. The number of hydrogen-bond acceptors (Lipinski definition) is 6. The maximum absolute atomic E-state index is 13.1. The summed E-state index contributed by atoms with van der Waals surface area (Å²) in [6, 6.07) is 15.4. The predicted molar refractivity (Wildman–Crippen MR) is 112 cm³/mol. The summed E-state index contributed by atoms with van der Waals surface area (Å²) in [6.07, 6.45) is -0.277. The minimum Gasteiger partial charge on any atom is -0.368 e. The highest BCUT2D eigenvalue weighted by Crippen LogP contribution is 2.21. The number of nitrogens with one attached hydrogen (secondary N) is 4. The van der Waals surface area contributed by atoms with Crippen LogP contribution < -0.4 is 26.6 Å². The third-order valence-corrected chi connectivity index (χ3v) is 5.48. The zero-order valence-electron chi connectivity index (χ0n) is 15.8. The molecule has 2 aromatic carbocycles. The monoisotopic (exact) mass is 400 g/mol. The fourth-order valence-corrected chi connectivity index (χ4v) is 3.92. The Labute approximate surface area is 170 Å². The van der Waals surface area contributed by atoms with Crippen molar-refractivity contribution in [1.82, 2.24) is 21.3 Å². The van der Waals surface area contributed by atoms with E-state index in [-0.39, 0.29) is 12.1 Å². The molecule has 0 aliphatic carbocycles. The molecule has 0 spiro atoms. The van der Waals surface area contributed by atoms with Crippen LogP contribution in [0.15, 0.2) is 48.5 Å². The normalized spacial score (nSPS) is 22.4. The number of nitrogens with zero attached hydrogens (tertiary/aromatic N) is 2.